The first-order valence-corrected chi connectivity index (χ1v) is 10.3. The van der Waals surface area contributed by atoms with Crippen molar-refractivity contribution in [1.82, 2.24) is 16.0 Å². The molecule has 4 atom stereocenters. The van der Waals surface area contributed by atoms with Crippen molar-refractivity contribution < 1.29 is 19.4 Å². The summed E-state index contributed by atoms with van der Waals surface area (Å²) >= 11 is 0. The molecule has 2 aliphatic heterocycles. The maximum atomic E-state index is 12.2. The Labute approximate surface area is 166 Å². The van der Waals surface area contributed by atoms with Crippen molar-refractivity contribution in [2.24, 2.45) is 0 Å². The number of methoxy groups -OCH3 is 1. The molecule has 4 rings (SSSR count). The van der Waals surface area contributed by atoms with Gasteiger partial charge in [0, 0.05) is 24.7 Å². The van der Waals surface area contributed by atoms with Crippen molar-refractivity contribution in [3.8, 4) is 5.75 Å². The Bertz CT molecular complexity index is 677. The minimum atomic E-state index is -0.694. The number of hydrogen-bond acceptors (Lipinski definition) is 6. The Balaban J connectivity index is 1.22. The van der Waals surface area contributed by atoms with Gasteiger partial charge in [-0.2, -0.15) is 0 Å². The van der Waals surface area contributed by atoms with Crippen LogP contribution in [-0.4, -0.2) is 61.2 Å². The lowest BCUT2D eigenvalue weighted by molar-refractivity contribution is 0.0189. The minimum absolute atomic E-state index is 0.111. The molecule has 0 aromatic heterocycles. The molecule has 154 valence electrons. The summed E-state index contributed by atoms with van der Waals surface area (Å²) in [5, 5.41) is 20.0. The Hall–Kier alpha value is -1.83. The zero-order chi connectivity index (χ0) is 19.6. The lowest BCUT2D eigenvalue weighted by Gasteiger charge is -2.22. The second-order valence-electron chi connectivity index (χ2n) is 8.38. The van der Waals surface area contributed by atoms with Crippen LogP contribution in [0.15, 0.2) is 24.3 Å². The summed E-state index contributed by atoms with van der Waals surface area (Å²) in [6.45, 7) is 1.01. The van der Waals surface area contributed by atoms with Gasteiger partial charge in [0.25, 0.3) is 0 Å². The van der Waals surface area contributed by atoms with Crippen LogP contribution in [0.4, 0.5) is 4.79 Å². The molecule has 1 aliphatic carbocycles. The Kier molecular flexibility index (Phi) is 5.75. The third-order valence-electron chi connectivity index (χ3n) is 6.32. The van der Waals surface area contributed by atoms with E-state index in [-0.39, 0.29) is 6.04 Å². The van der Waals surface area contributed by atoms with Gasteiger partial charge in [-0.05, 0) is 56.2 Å². The van der Waals surface area contributed by atoms with E-state index >= 15 is 0 Å². The SMILES string of the molecule is COc1ccc(C[C@H]2NC[C@H](O)[C@H]2OC(=O)NCC[C@H]2CCC3(CC3)N2)cc1. The number of carbonyl (C=O) groups excluding carboxylic acids is 1. The zero-order valence-electron chi connectivity index (χ0n) is 16.4. The van der Waals surface area contributed by atoms with Crippen LogP contribution < -0.4 is 20.7 Å². The van der Waals surface area contributed by atoms with E-state index < -0.39 is 18.3 Å². The van der Waals surface area contributed by atoms with Crippen molar-refractivity contribution in [3.05, 3.63) is 29.8 Å². The fourth-order valence-electron chi connectivity index (χ4n) is 4.44. The molecule has 7 nitrogen and oxygen atoms in total. The first-order valence-electron chi connectivity index (χ1n) is 10.3. The number of aliphatic hydroxyl groups is 1. The summed E-state index contributed by atoms with van der Waals surface area (Å²) in [5.41, 5.74) is 1.53. The molecule has 2 saturated heterocycles. The minimum Gasteiger partial charge on any atom is -0.497 e. The molecule has 1 amide bonds. The third kappa shape index (κ3) is 4.59. The van der Waals surface area contributed by atoms with Crippen molar-refractivity contribution in [1.29, 1.82) is 0 Å². The number of nitrogens with one attached hydrogen (secondary N) is 3. The summed E-state index contributed by atoms with van der Waals surface area (Å²) in [6, 6.07) is 8.18. The summed E-state index contributed by atoms with van der Waals surface area (Å²) < 4.78 is 10.7. The zero-order valence-corrected chi connectivity index (χ0v) is 16.4. The number of hydrogen-bond donors (Lipinski definition) is 4. The highest BCUT2D eigenvalue weighted by atomic mass is 16.6. The van der Waals surface area contributed by atoms with Crippen LogP contribution >= 0.6 is 0 Å². The van der Waals surface area contributed by atoms with Gasteiger partial charge in [0.2, 0.25) is 0 Å². The van der Waals surface area contributed by atoms with E-state index in [0.717, 1.165) is 17.7 Å². The highest BCUT2D eigenvalue weighted by molar-refractivity contribution is 5.67. The second kappa shape index (κ2) is 8.27. The second-order valence-corrected chi connectivity index (χ2v) is 8.38. The van der Waals surface area contributed by atoms with E-state index in [9.17, 15) is 9.90 Å². The maximum Gasteiger partial charge on any atom is 0.407 e. The number of benzene rings is 1. The number of ether oxygens (including phenoxy) is 2. The average Bonchev–Trinajstić information content (AvgIpc) is 3.22. The topological polar surface area (TPSA) is 91.8 Å². The molecule has 1 spiro atoms. The standard InChI is InChI=1S/C21H31N3O4/c1-27-16-4-2-14(3-5-16)12-17-19(18(25)13-23-17)28-20(26)22-11-7-15-6-8-21(24-15)9-10-21/h2-5,15,17-19,23-25H,6-13H2,1H3,(H,22,26)/t15-,17-,18+,19+/m1/s1. The number of amides is 1. The molecule has 0 bridgehead atoms. The van der Waals surface area contributed by atoms with Gasteiger partial charge < -0.3 is 30.5 Å². The average molecular weight is 389 g/mol. The predicted octanol–water partition coefficient (Wildman–Crippen LogP) is 1.34. The van der Waals surface area contributed by atoms with Gasteiger partial charge in [0.05, 0.1) is 13.2 Å². The molecule has 28 heavy (non-hydrogen) atoms. The molecule has 3 fully saturated rings. The van der Waals surface area contributed by atoms with E-state index in [0.29, 0.717) is 31.1 Å². The van der Waals surface area contributed by atoms with Crippen LogP contribution in [0.2, 0.25) is 0 Å². The van der Waals surface area contributed by atoms with Crippen LogP contribution in [0.25, 0.3) is 0 Å². The molecular formula is C21H31N3O4. The molecule has 7 heteroatoms. The highest BCUT2D eigenvalue weighted by Gasteiger charge is 2.47. The van der Waals surface area contributed by atoms with Gasteiger partial charge in [-0.3, -0.25) is 0 Å². The first-order chi connectivity index (χ1) is 13.6. The number of β-amino-alcohol motifs (C(OH)–C–C–N with tert-alkyl or cyclic N) is 1. The normalized spacial score (nSPS) is 30.4. The predicted molar refractivity (Wildman–Crippen MR) is 106 cm³/mol. The lowest BCUT2D eigenvalue weighted by atomic mass is 10.0. The number of alkyl carbamates (subject to hydrolysis) is 1. The quantitative estimate of drug-likeness (QED) is 0.563. The summed E-state index contributed by atoms with van der Waals surface area (Å²) in [7, 11) is 1.64. The Morgan fingerprint density at radius 2 is 2.07 bits per heavy atom. The van der Waals surface area contributed by atoms with Crippen molar-refractivity contribution in [2.75, 3.05) is 20.2 Å². The summed E-state index contributed by atoms with van der Waals surface area (Å²) in [4.78, 5) is 12.2. The van der Waals surface area contributed by atoms with E-state index in [4.69, 9.17) is 9.47 Å². The van der Waals surface area contributed by atoms with Gasteiger partial charge in [0.15, 0.2) is 0 Å². The summed E-state index contributed by atoms with van der Waals surface area (Å²) in [6.07, 6.45) is 4.92. The monoisotopic (exact) mass is 389 g/mol. The van der Waals surface area contributed by atoms with Crippen LogP contribution in [0.5, 0.6) is 5.75 Å². The van der Waals surface area contributed by atoms with Gasteiger partial charge in [-0.15, -0.1) is 0 Å². The third-order valence-corrected chi connectivity index (χ3v) is 6.32. The van der Waals surface area contributed by atoms with E-state index in [1.807, 2.05) is 24.3 Å². The number of carbonyl (C=O) groups is 1. The van der Waals surface area contributed by atoms with Crippen LogP contribution in [0, 0.1) is 0 Å². The maximum absolute atomic E-state index is 12.2. The number of aliphatic hydroxyl groups excluding tert-OH is 1. The van der Waals surface area contributed by atoms with Crippen molar-refractivity contribution in [3.63, 3.8) is 0 Å². The Morgan fingerprint density at radius 1 is 1.29 bits per heavy atom. The molecule has 2 heterocycles. The van der Waals surface area contributed by atoms with E-state index in [1.165, 1.54) is 25.7 Å². The van der Waals surface area contributed by atoms with Crippen molar-refractivity contribution in [2.45, 2.75) is 68.4 Å². The van der Waals surface area contributed by atoms with Gasteiger partial charge >= 0.3 is 6.09 Å². The van der Waals surface area contributed by atoms with E-state index in [2.05, 4.69) is 16.0 Å². The molecular weight excluding hydrogens is 358 g/mol. The molecule has 4 N–H and O–H groups in total. The molecule has 1 aromatic rings. The van der Waals surface area contributed by atoms with Crippen molar-refractivity contribution >= 4 is 6.09 Å². The van der Waals surface area contributed by atoms with Gasteiger partial charge in [-0.1, -0.05) is 12.1 Å². The fraction of sp³-hybridized carbons (Fsp3) is 0.667. The molecule has 1 saturated carbocycles. The Morgan fingerprint density at radius 3 is 2.75 bits per heavy atom. The number of rotatable bonds is 7. The molecule has 0 radical (unpaired) electrons. The van der Waals surface area contributed by atoms with Gasteiger partial charge in [0.1, 0.15) is 18.0 Å². The highest BCUT2D eigenvalue weighted by Crippen LogP contribution is 2.44. The van der Waals surface area contributed by atoms with Crippen LogP contribution in [-0.2, 0) is 11.2 Å². The molecule has 1 aromatic carbocycles. The first kappa shape index (κ1) is 19.5. The van der Waals surface area contributed by atoms with Crippen LogP contribution in [0.3, 0.4) is 0 Å². The lowest BCUT2D eigenvalue weighted by Crippen LogP contribution is -2.42. The fourth-order valence-corrected chi connectivity index (χ4v) is 4.44. The largest absolute Gasteiger partial charge is 0.497 e. The van der Waals surface area contributed by atoms with Crippen LogP contribution in [0.1, 0.15) is 37.7 Å². The molecule has 3 aliphatic rings. The smallest absolute Gasteiger partial charge is 0.407 e. The summed E-state index contributed by atoms with van der Waals surface area (Å²) in [5.74, 6) is 0.805. The van der Waals surface area contributed by atoms with E-state index in [1.54, 1.807) is 7.11 Å². The molecule has 0 unspecified atom stereocenters. The van der Waals surface area contributed by atoms with Gasteiger partial charge in [-0.25, -0.2) is 4.79 Å².